The number of nitrogens with one attached hydrogen (secondary N) is 1. The van der Waals surface area contributed by atoms with E-state index in [2.05, 4.69) is 15.5 Å². The van der Waals surface area contributed by atoms with Crippen molar-refractivity contribution in [2.75, 3.05) is 21.3 Å². The van der Waals surface area contributed by atoms with E-state index >= 15 is 0 Å². The van der Waals surface area contributed by atoms with E-state index in [0.29, 0.717) is 34.2 Å². The van der Waals surface area contributed by atoms with Gasteiger partial charge in [0.05, 0.1) is 21.3 Å². The van der Waals surface area contributed by atoms with E-state index < -0.39 is 6.04 Å². The Bertz CT molecular complexity index is 973. The number of aryl methyl sites for hydroxylation is 1. The second kappa shape index (κ2) is 8.64. The molecule has 0 fully saturated rings. The number of carbonyl (C=O) groups excluding carboxylic acids is 1. The summed E-state index contributed by atoms with van der Waals surface area (Å²) in [6.07, 6.45) is 0. The van der Waals surface area contributed by atoms with Crippen LogP contribution in [0.5, 0.6) is 17.2 Å². The first kappa shape index (κ1) is 20.2. The Morgan fingerprint density at radius 3 is 2.21 bits per heavy atom. The maximum atomic E-state index is 12.4. The highest BCUT2D eigenvalue weighted by Gasteiger charge is 2.20. The lowest BCUT2D eigenvalue weighted by Crippen LogP contribution is -2.26. The zero-order valence-electron chi connectivity index (χ0n) is 17.0. The van der Waals surface area contributed by atoms with Gasteiger partial charge in [0.1, 0.15) is 6.04 Å². The van der Waals surface area contributed by atoms with Crippen molar-refractivity contribution in [1.82, 2.24) is 15.5 Å². The average molecular weight is 397 g/mol. The monoisotopic (exact) mass is 397 g/mol. The number of benzene rings is 2. The number of hydrogen-bond donors (Lipinski definition) is 1. The van der Waals surface area contributed by atoms with Crippen LogP contribution in [0.4, 0.5) is 0 Å². The van der Waals surface area contributed by atoms with Crippen molar-refractivity contribution in [1.29, 1.82) is 0 Å². The second-order valence-electron chi connectivity index (χ2n) is 6.43. The molecule has 0 saturated carbocycles. The van der Waals surface area contributed by atoms with Gasteiger partial charge in [-0.1, -0.05) is 22.9 Å². The number of rotatable bonds is 7. The van der Waals surface area contributed by atoms with Crippen LogP contribution in [0.2, 0.25) is 0 Å². The smallest absolute Gasteiger partial charge is 0.251 e. The predicted molar refractivity (Wildman–Crippen MR) is 106 cm³/mol. The summed E-state index contributed by atoms with van der Waals surface area (Å²) in [4.78, 5) is 16.8. The quantitative estimate of drug-likeness (QED) is 0.651. The van der Waals surface area contributed by atoms with Crippen LogP contribution in [-0.4, -0.2) is 37.4 Å². The molecule has 2 aromatic carbocycles. The third kappa shape index (κ3) is 4.31. The number of ether oxygens (including phenoxy) is 3. The lowest BCUT2D eigenvalue weighted by Gasteiger charge is -2.12. The van der Waals surface area contributed by atoms with Crippen LogP contribution in [0, 0.1) is 6.92 Å². The minimum absolute atomic E-state index is 0.218. The van der Waals surface area contributed by atoms with Crippen LogP contribution in [-0.2, 0) is 0 Å². The van der Waals surface area contributed by atoms with E-state index in [4.69, 9.17) is 18.7 Å². The van der Waals surface area contributed by atoms with Crippen molar-refractivity contribution in [2.45, 2.75) is 19.9 Å². The Morgan fingerprint density at radius 1 is 1.03 bits per heavy atom. The molecular formula is C21H23N3O5. The number of methoxy groups -OCH3 is 3. The van der Waals surface area contributed by atoms with Gasteiger partial charge in [-0.25, -0.2) is 0 Å². The lowest BCUT2D eigenvalue weighted by atomic mass is 10.1. The lowest BCUT2D eigenvalue weighted by molar-refractivity contribution is 0.0932. The van der Waals surface area contributed by atoms with Gasteiger partial charge in [0.2, 0.25) is 17.5 Å². The highest BCUT2D eigenvalue weighted by atomic mass is 16.5. The molecule has 1 N–H and O–H groups in total. The number of nitrogens with zero attached hydrogens (tertiary/aromatic N) is 2. The zero-order chi connectivity index (χ0) is 21.0. The number of carbonyl (C=O) groups is 1. The Kier molecular flexibility index (Phi) is 6.01. The van der Waals surface area contributed by atoms with E-state index in [1.54, 1.807) is 31.2 Å². The minimum Gasteiger partial charge on any atom is -0.493 e. The van der Waals surface area contributed by atoms with Crippen molar-refractivity contribution < 1.29 is 23.5 Å². The van der Waals surface area contributed by atoms with Gasteiger partial charge in [0, 0.05) is 11.1 Å². The van der Waals surface area contributed by atoms with Crippen LogP contribution in [0.1, 0.15) is 34.8 Å². The summed E-state index contributed by atoms with van der Waals surface area (Å²) in [6, 6.07) is 10.3. The standard InChI is InChI=1S/C21H23N3O5/c1-12-6-8-14(9-7-12)20(25)22-13(2)21-23-19(24-29-21)15-10-16(26-3)18(28-5)17(11-15)27-4/h6-11,13H,1-5H3,(H,22,25)/t13-/m0/s1. The molecule has 1 amide bonds. The molecule has 0 saturated heterocycles. The van der Waals surface area contributed by atoms with Gasteiger partial charge in [-0.2, -0.15) is 4.98 Å². The van der Waals surface area contributed by atoms with Gasteiger partial charge in [-0.15, -0.1) is 0 Å². The Hall–Kier alpha value is -3.55. The fourth-order valence-corrected chi connectivity index (χ4v) is 2.79. The summed E-state index contributed by atoms with van der Waals surface area (Å²) in [5, 5.41) is 6.87. The van der Waals surface area contributed by atoms with Gasteiger partial charge in [-0.3, -0.25) is 4.79 Å². The summed E-state index contributed by atoms with van der Waals surface area (Å²) < 4.78 is 21.4. The first-order valence-corrected chi connectivity index (χ1v) is 8.98. The van der Waals surface area contributed by atoms with Crippen LogP contribution in [0.25, 0.3) is 11.4 Å². The van der Waals surface area contributed by atoms with Gasteiger partial charge < -0.3 is 24.1 Å². The number of aromatic nitrogens is 2. The van der Waals surface area contributed by atoms with Gasteiger partial charge >= 0.3 is 0 Å². The van der Waals surface area contributed by atoms with Crippen molar-refractivity contribution in [3.05, 3.63) is 53.4 Å². The van der Waals surface area contributed by atoms with Gasteiger partial charge in [-0.05, 0) is 38.1 Å². The minimum atomic E-state index is -0.466. The number of amides is 1. The zero-order valence-corrected chi connectivity index (χ0v) is 17.0. The molecular weight excluding hydrogens is 374 g/mol. The molecule has 0 radical (unpaired) electrons. The maximum absolute atomic E-state index is 12.4. The molecule has 1 heterocycles. The molecule has 0 unspecified atom stereocenters. The van der Waals surface area contributed by atoms with E-state index in [-0.39, 0.29) is 11.8 Å². The van der Waals surface area contributed by atoms with Crippen LogP contribution in [0.15, 0.2) is 40.9 Å². The first-order chi connectivity index (χ1) is 14.0. The molecule has 0 aliphatic carbocycles. The van der Waals surface area contributed by atoms with Gasteiger partial charge in [0.25, 0.3) is 5.91 Å². The van der Waals surface area contributed by atoms with Crippen LogP contribution >= 0.6 is 0 Å². The Labute approximate surface area is 168 Å². The van der Waals surface area contributed by atoms with Crippen molar-refractivity contribution in [3.63, 3.8) is 0 Å². The van der Waals surface area contributed by atoms with Crippen molar-refractivity contribution in [2.24, 2.45) is 0 Å². The summed E-state index contributed by atoms with van der Waals surface area (Å²) in [7, 11) is 4.60. The third-order valence-electron chi connectivity index (χ3n) is 4.40. The summed E-state index contributed by atoms with van der Waals surface area (Å²) in [5.41, 5.74) is 2.28. The summed E-state index contributed by atoms with van der Waals surface area (Å²) >= 11 is 0. The fraction of sp³-hybridized carbons (Fsp3) is 0.286. The van der Waals surface area contributed by atoms with E-state index in [1.165, 1.54) is 21.3 Å². The molecule has 0 bridgehead atoms. The first-order valence-electron chi connectivity index (χ1n) is 8.98. The molecule has 0 spiro atoms. The molecule has 8 heteroatoms. The molecule has 3 rings (SSSR count). The molecule has 152 valence electrons. The highest BCUT2D eigenvalue weighted by Crippen LogP contribution is 2.40. The Morgan fingerprint density at radius 2 is 1.66 bits per heavy atom. The molecule has 0 aliphatic rings. The molecule has 29 heavy (non-hydrogen) atoms. The second-order valence-corrected chi connectivity index (χ2v) is 6.43. The van der Waals surface area contributed by atoms with Crippen LogP contribution in [0.3, 0.4) is 0 Å². The van der Waals surface area contributed by atoms with Gasteiger partial charge in [0.15, 0.2) is 11.5 Å². The van der Waals surface area contributed by atoms with E-state index in [9.17, 15) is 4.79 Å². The molecule has 1 aromatic heterocycles. The van der Waals surface area contributed by atoms with E-state index in [0.717, 1.165) is 5.56 Å². The largest absolute Gasteiger partial charge is 0.493 e. The summed E-state index contributed by atoms with van der Waals surface area (Å²) in [5.74, 6) is 1.85. The van der Waals surface area contributed by atoms with E-state index in [1.807, 2.05) is 19.1 Å². The Balaban J connectivity index is 1.81. The molecule has 1 atom stereocenters. The number of hydrogen-bond acceptors (Lipinski definition) is 7. The fourth-order valence-electron chi connectivity index (χ4n) is 2.79. The summed E-state index contributed by atoms with van der Waals surface area (Å²) in [6.45, 7) is 3.74. The molecule has 3 aromatic rings. The van der Waals surface area contributed by atoms with Crippen molar-refractivity contribution >= 4 is 5.91 Å². The highest BCUT2D eigenvalue weighted by molar-refractivity contribution is 5.94. The molecule has 0 aliphatic heterocycles. The van der Waals surface area contributed by atoms with Crippen LogP contribution < -0.4 is 19.5 Å². The van der Waals surface area contributed by atoms with Crippen molar-refractivity contribution in [3.8, 4) is 28.6 Å². The third-order valence-corrected chi connectivity index (χ3v) is 4.40. The maximum Gasteiger partial charge on any atom is 0.251 e. The average Bonchev–Trinajstić information content (AvgIpc) is 3.23. The SMILES string of the molecule is COc1cc(-c2noc([C@H](C)NC(=O)c3ccc(C)cc3)n2)cc(OC)c1OC. The normalized spacial score (nSPS) is 11.6. The predicted octanol–water partition coefficient (Wildman–Crippen LogP) is 3.56. The molecule has 8 nitrogen and oxygen atoms in total. The topological polar surface area (TPSA) is 95.7 Å².